The lowest BCUT2D eigenvalue weighted by atomic mass is 9.91. The molecule has 1 aliphatic carbocycles. The van der Waals surface area contributed by atoms with Gasteiger partial charge in [-0.1, -0.05) is 6.07 Å². The Morgan fingerprint density at radius 3 is 2.68 bits per heavy atom. The average Bonchev–Trinajstić information content (AvgIpc) is 3.63. The predicted molar refractivity (Wildman–Crippen MR) is 134 cm³/mol. The molecule has 0 bridgehead atoms. The van der Waals surface area contributed by atoms with Crippen LogP contribution in [0.2, 0.25) is 0 Å². The fraction of sp³-hybridized carbons (Fsp3) is 0.385. The minimum Gasteiger partial charge on any atom is -0.493 e. The van der Waals surface area contributed by atoms with Gasteiger partial charge in [0.25, 0.3) is 5.89 Å². The summed E-state index contributed by atoms with van der Waals surface area (Å²) in [6.07, 6.45) is 5.81. The van der Waals surface area contributed by atoms with Gasteiger partial charge in [-0.25, -0.2) is 0 Å². The van der Waals surface area contributed by atoms with E-state index in [-0.39, 0.29) is 6.04 Å². The number of ether oxygens (including phenoxy) is 2. The first-order valence-electron chi connectivity index (χ1n) is 11.7. The Kier molecular flexibility index (Phi) is 5.89. The fourth-order valence-corrected chi connectivity index (χ4v) is 7.19. The second kappa shape index (κ2) is 9.17. The molecule has 4 aromatic rings. The van der Waals surface area contributed by atoms with Crippen LogP contribution >= 0.6 is 22.7 Å². The standard InChI is InChI=1S/C26H27N3O3S2/c1-30-19-12-16-9-10-29(25(22-8-5-11-33-22)18(16)14-20(19)31-2)15-24-27-28-26(32-24)23-13-17-6-3-4-7-21(17)34-23/h5,8,11-14,25H,3-4,6-7,9-10,15H2,1-2H3. The molecule has 0 saturated heterocycles. The maximum Gasteiger partial charge on any atom is 0.257 e. The Morgan fingerprint density at radius 1 is 1.03 bits per heavy atom. The van der Waals surface area contributed by atoms with E-state index in [0.717, 1.165) is 35.8 Å². The number of fused-ring (bicyclic) bond motifs is 2. The number of aromatic nitrogens is 2. The van der Waals surface area contributed by atoms with E-state index in [1.807, 2.05) is 11.3 Å². The third-order valence-electron chi connectivity index (χ3n) is 6.80. The molecule has 1 aromatic carbocycles. The molecule has 0 N–H and O–H groups in total. The summed E-state index contributed by atoms with van der Waals surface area (Å²) >= 11 is 3.58. The summed E-state index contributed by atoms with van der Waals surface area (Å²) in [5.74, 6) is 2.84. The van der Waals surface area contributed by atoms with E-state index in [2.05, 4.69) is 50.8 Å². The quantitative estimate of drug-likeness (QED) is 0.333. The van der Waals surface area contributed by atoms with Crippen molar-refractivity contribution >= 4 is 22.7 Å². The van der Waals surface area contributed by atoms with Crippen molar-refractivity contribution in [3.05, 3.63) is 68.0 Å². The molecule has 6 rings (SSSR count). The minimum atomic E-state index is 0.105. The van der Waals surface area contributed by atoms with Crippen LogP contribution in [0.5, 0.6) is 11.5 Å². The molecule has 176 valence electrons. The Hall–Kier alpha value is -2.68. The zero-order valence-electron chi connectivity index (χ0n) is 19.4. The summed E-state index contributed by atoms with van der Waals surface area (Å²) < 4.78 is 17.4. The number of rotatable bonds is 6. The molecule has 1 aliphatic heterocycles. The number of benzene rings is 1. The zero-order valence-corrected chi connectivity index (χ0v) is 21.0. The lowest BCUT2D eigenvalue weighted by Crippen LogP contribution is -2.35. The molecule has 34 heavy (non-hydrogen) atoms. The van der Waals surface area contributed by atoms with Gasteiger partial charge in [0.1, 0.15) is 0 Å². The van der Waals surface area contributed by atoms with Crippen LogP contribution in [0.1, 0.15) is 51.2 Å². The second-order valence-corrected chi connectivity index (χ2v) is 10.9. The minimum absolute atomic E-state index is 0.105. The third-order valence-corrected chi connectivity index (χ3v) is 8.95. The van der Waals surface area contributed by atoms with Crippen LogP contribution in [0.15, 0.2) is 40.1 Å². The fourth-order valence-electron chi connectivity index (χ4n) is 5.13. The predicted octanol–water partition coefficient (Wildman–Crippen LogP) is 5.90. The summed E-state index contributed by atoms with van der Waals surface area (Å²) in [5.41, 5.74) is 4.00. The number of thiophene rings is 2. The summed E-state index contributed by atoms with van der Waals surface area (Å²) in [7, 11) is 3.38. The van der Waals surface area contributed by atoms with Crippen LogP contribution in [0.3, 0.4) is 0 Å². The topological polar surface area (TPSA) is 60.6 Å². The highest BCUT2D eigenvalue weighted by Gasteiger charge is 2.32. The molecular weight excluding hydrogens is 466 g/mol. The molecule has 3 aromatic heterocycles. The van der Waals surface area contributed by atoms with Crippen molar-refractivity contribution in [2.75, 3.05) is 20.8 Å². The van der Waals surface area contributed by atoms with Crippen molar-refractivity contribution in [3.8, 4) is 22.3 Å². The number of hydrogen-bond donors (Lipinski definition) is 0. The van der Waals surface area contributed by atoms with E-state index in [1.54, 1.807) is 25.6 Å². The van der Waals surface area contributed by atoms with Gasteiger partial charge >= 0.3 is 0 Å². The molecule has 8 heteroatoms. The average molecular weight is 494 g/mol. The molecule has 2 aliphatic rings. The van der Waals surface area contributed by atoms with Crippen molar-refractivity contribution < 1.29 is 13.9 Å². The highest BCUT2D eigenvalue weighted by molar-refractivity contribution is 7.15. The first-order chi connectivity index (χ1) is 16.7. The number of methoxy groups -OCH3 is 2. The Labute approximate surface area is 207 Å². The van der Waals surface area contributed by atoms with E-state index in [1.165, 1.54) is 45.7 Å². The maximum atomic E-state index is 6.19. The Morgan fingerprint density at radius 2 is 1.88 bits per heavy atom. The summed E-state index contributed by atoms with van der Waals surface area (Å²) in [6.45, 7) is 1.50. The van der Waals surface area contributed by atoms with Crippen molar-refractivity contribution in [3.63, 3.8) is 0 Å². The van der Waals surface area contributed by atoms with Crippen LogP contribution in [0.25, 0.3) is 10.8 Å². The SMILES string of the molecule is COc1cc2c(cc1OC)C(c1cccs1)N(Cc1nnc(-c3cc4c(s3)CCCC4)o1)CC2. The highest BCUT2D eigenvalue weighted by atomic mass is 32.1. The molecule has 0 saturated carbocycles. The van der Waals surface area contributed by atoms with E-state index in [0.29, 0.717) is 18.3 Å². The van der Waals surface area contributed by atoms with Gasteiger partial charge in [-0.15, -0.1) is 32.9 Å². The lowest BCUT2D eigenvalue weighted by Gasteiger charge is -2.36. The van der Waals surface area contributed by atoms with Crippen molar-refractivity contribution in [1.29, 1.82) is 0 Å². The number of aryl methyl sites for hydroxylation is 2. The first-order valence-corrected chi connectivity index (χ1v) is 13.4. The van der Waals surface area contributed by atoms with Crippen LogP contribution < -0.4 is 9.47 Å². The third kappa shape index (κ3) is 3.93. The van der Waals surface area contributed by atoms with Gasteiger partial charge in [-0.3, -0.25) is 4.90 Å². The van der Waals surface area contributed by atoms with Gasteiger partial charge in [0.15, 0.2) is 11.5 Å². The van der Waals surface area contributed by atoms with Gasteiger partial charge in [0.05, 0.1) is 31.7 Å². The molecule has 6 nitrogen and oxygen atoms in total. The zero-order chi connectivity index (χ0) is 23.1. The molecule has 4 heterocycles. The first kappa shape index (κ1) is 21.8. The molecule has 0 fully saturated rings. The normalized spacial score (nSPS) is 17.9. The van der Waals surface area contributed by atoms with Gasteiger partial charge in [0.2, 0.25) is 5.89 Å². The van der Waals surface area contributed by atoms with Gasteiger partial charge < -0.3 is 13.9 Å². The molecular formula is C26H27N3O3S2. The molecule has 0 radical (unpaired) electrons. The summed E-state index contributed by atoms with van der Waals surface area (Å²) in [6, 6.07) is 10.9. The molecule has 0 spiro atoms. The van der Waals surface area contributed by atoms with Gasteiger partial charge in [-0.2, -0.15) is 0 Å². The molecule has 0 amide bonds. The number of hydrogen-bond acceptors (Lipinski definition) is 8. The summed E-state index contributed by atoms with van der Waals surface area (Å²) in [4.78, 5) is 6.30. The molecule has 1 unspecified atom stereocenters. The monoisotopic (exact) mass is 493 g/mol. The smallest absolute Gasteiger partial charge is 0.257 e. The summed E-state index contributed by atoms with van der Waals surface area (Å²) in [5, 5.41) is 11.0. The van der Waals surface area contributed by atoms with Crippen molar-refractivity contribution in [2.45, 2.75) is 44.7 Å². The largest absolute Gasteiger partial charge is 0.493 e. The van der Waals surface area contributed by atoms with E-state index < -0.39 is 0 Å². The van der Waals surface area contributed by atoms with Crippen LogP contribution in [0, 0.1) is 0 Å². The Balaban J connectivity index is 1.31. The Bertz CT molecular complexity index is 1270. The highest BCUT2D eigenvalue weighted by Crippen LogP contribution is 2.43. The van der Waals surface area contributed by atoms with Crippen molar-refractivity contribution in [1.82, 2.24) is 15.1 Å². The maximum absolute atomic E-state index is 6.19. The molecule has 1 atom stereocenters. The van der Waals surface area contributed by atoms with Crippen LogP contribution in [-0.4, -0.2) is 35.9 Å². The lowest BCUT2D eigenvalue weighted by molar-refractivity contribution is 0.187. The van der Waals surface area contributed by atoms with Crippen LogP contribution in [0.4, 0.5) is 0 Å². The second-order valence-electron chi connectivity index (χ2n) is 8.81. The van der Waals surface area contributed by atoms with E-state index >= 15 is 0 Å². The van der Waals surface area contributed by atoms with Gasteiger partial charge in [0, 0.05) is 16.3 Å². The van der Waals surface area contributed by atoms with Crippen molar-refractivity contribution in [2.24, 2.45) is 0 Å². The van der Waals surface area contributed by atoms with E-state index in [4.69, 9.17) is 13.9 Å². The van der Waals surface area contributed by atoms with Crippen LogP contribution in [-0.2, 0) is 25.8 Å². The van der Waals surface area contributed by atoms with Gasteiger partial charge in [-0.05, 0) is 78.4 Å². The van der Waals surface area contributed by atoms with E-state index in [9.17, 15) is 0 Å². The number of nitrogens with zero attached hydrogens (tertiary/aromatic N) is 3.